The van der Waals surface area contributed by atoms with Gasteiger partial charge in [-0.3, -0.25) is 4.79 Å². The molecule has 0 fully saturated rings. The average Bonchev–Trinajstić information content (AvgIpc) is 2.35. The molecule has 1 aromatic carbocycles. The second kappa shape index (κ2) is 7.08. The quantitative estimate of drug-likeness (QED) is 0.840. The fourth-order valence-electron chi connectivity index (χ4n) is 1.98. The average molecular weight is 277 g/mol. The molecule has 0 aliphatic carbocycles. The van der Waals surface area contributed by atoms with Crippen molar-refractivity contribution < 1.29 is 14.7 Å². The Bertz CT molecular complexity index is 449. The van der Waals surface area contributed by atoms with Gasteiger partial charge in [-0.1, -0.05) is 51.1 Å². The summed E-state index contributed by atoms with van der Waals surface area (Å²) < 4.78 is 0. The van der Waals surface area contributed by atoms with Gasteiger partial charge in [0.2, 0.25) is 5.91 Å². The third-order valence-electron chi connectivity index (χ3n) is 3.13. The van der Waals surface area contributed by atoms with Crippen molar-refractivity contribution in [1.29, 1.82) is 0 Å². The van der Waals surface area contributed by atoms with Crippen molar-refractivity contribution in [2.45, 2.75) is 46.1 Å². The van der Waals surface area contributed by atoms with Crippen LogP contribution in [0.1, 0.15) is 39.2 Å². The summed E-state index contributed by atoms with van der Waals surface area (Å²) in [4.78, 5) is 23.0. The summed E-state index contributed by atoms with van der Waals surface area (Å²) >= 11 is 0. The van der Waals surface area contributed by atoms with Gasteiger partial charge in [0.15, 0.2) is 0 Å². The molecular weight excluding hydrogens is 254 g/mol. The third-order valence-corrected chi connectivity index (χ3v) is 3.13. The van der Waals surface area contributed by atoms with E-state index in [2.05, 4.69) is 5.32 Å². The lowest BCUT2D eigenvalue weighted by Gasteiger charge is -2.27. The molecule has 0 saturated carbocycles. The molecule has 1 aromatic rings. The van der Waals surface area contributed by atoms with Gasteiger partial charge in [-0.05, 0) is 23.8 Å². The third kappa shape index (κ3) is 5.43. The standard InChI is InChI=1S/C16H23NO3/c1-16(2,3)14(15(19)20)17-13(18)11-7-10-12-8-5-4-6-9-12/h4-6,8-9,14H,7,10-11H2,1-3H3,(H,17,18)(H,19,20). The molecule has 0 saturated heterocycles. The lowest BCUT2D eigenvalue weighted by Crippen LogP contribution is -2.49. The van der Waals surface area contributed by atoms with Crippen molar-refractivity contribution in [2.75, 3.05) is 0 Å². The number of aliphatic carboxylic acids is 1. The molecule has 1 unspecified atom stereocenters. The predicted molar refractivity (Wildman–Crippen MR) is 78.4 cm³/mol. The summed E-state index contributed by atoms with van der Waals surface area (Å²) in [5.41, 5.74) is 0.687. The molecule has 0 heterocycles. The van der Waals surface area contributed by atoms with Crippen LogP contribution in [0.15, 0.2) is 30.3 Å². The molecule has 0 radical (unpaired) electrons. The Balaban J connectivity index is 2.41. The molecular formula is C16H23NO3. The van der Waals surface area contributed by atoms with Crippen molar-refractivity contribution in [3.05, 3.63) is 35.9 Å². The molecule has 0 aliphatic heterocycles. The molecule has 4 heteroatoms. The summed E-state index contributed by atoms with van der Waals surface area (Å²) in [6.07, 6.45) is 1.88. The Labute approximate surface area is 120 Å². The second-order valence-electron chi connectivity index (χ2n) is 6.04. The van der Waals surface area contributed by atoms with Gasteiger partial charge in [-0.2, -0.15) is 0 Å². The van der Waals surface area contributed by atoms with E-state index in [0.717, 1.165) is 6.42 Å². The van der Waals surface area contributed by atoms with Crippen molar-refractivity contribution in [1.82, 2.24) is 5.32 Å². The van der Waals surface area contributed by atoms with Crippen LogP contribution in [0.25, 0.3) is 0 Å². The Morgan fingerprint density at radius 2 is 1.80 bits per heavy atom. The SMILES string of the molecule is CC(C)(C)C(NC(=O)CCCc1ccccc1)C(=O)O. The van der Waals surface area contributed by atoms with Gasteiger partial charge in [0.05, 0.1) is 0 Å². The van der Waals surface area contributed by atoms with Crippen LogP contribution >= 0.6 is 0 Å². The monoisotopic (exact) mass is 277 g/mol. The number of amides is 1. The predicted octanol–water partition coefficient (Wildman–Crippen LogP) is 2.62. The lowest BCUT2D eigenvalue weighted by molar-refractivity contribution is -0.144. The maximum atomic E-state index is 11.8. The number of aryl methyl sites for hydroxylation is 1. The van der Waals surface area contributed by atoms with E-state index in [1.807, 2.05) is 30.3 Å². The minimum Gasteiger partial charge on any atom is -0.480 e. The number of nitrogens with one attached hydrogen (secondary N) is 1. The van der Waals surface area contributed by atoms with Crippen LogP contribution in [-0.2, 0) is 16.0 Å². The highest BCUT2D eigenvalue weighted by atomic mass is 16.4. The first kappa shape index (κ1) is 16.2. The second-order valence-corrected chi connectivity index (χ2v) is 6.04. The lowest BCUT2D eigenvalue weighted by atomic mass is 9.86. The number of carboxylic acid groups (broad SMARTS) is 1. The summed E-state index contributed by atoms with van der Waals surface area (Å²) in [5, 5.41) is 11.8. The molecule has 110 valence electrons. The number of rotatable bonds is 6. The number of benzene rings is 1. The zero-order valence-electron chi connectivity index (χ0n) is 12.3. The number of hydrogen-bond acceptors (Lipinski definition) is 2. The van der Waals surface area contributed by atoms with E-state index >= 15 is 0 Å². The molecule has 1 rings (SSSR count). The van der Waals surface area contributed by atoms with Crippen LogP contribution in [0.3, 0.4) is 0 Å². The molecule has 2 N–H and O–H groups in total. The molecule has 20 heavy (non-hydrogen) atoms. The van der Waals surface area contributed by atoms with Crippen LogP contribution in [0.5, 0.6) is 0 Å². The summed E-state index contributed by atoms with van der Waals surface area (Å²) in [5.74, 6) is -1.20. The maximum absolute atomic E-state index is 11.8. The highest BCUT2D eigenvalue weighted by Gasteiger charge is 2.32. The Kier molecular flexibility index (Phi) is 5.74. The van der Waals surface area contributed by atoms with Gasteiger partial charge in [-0.15, -0.1) is 0 Å². The molecule has 1 amide bonds. The van der Waals surface area contributed by atoms with Crippen molar-refractivity contribution in [2.24, 2.45) is 5.41 Å². The van der Waals surface area contributed by atoms with Gasteiger partial charge in [-0.25, -0.2) is 4.79 Å². The molecule has 0 aliphatic rings. The van der Waals surface area contributed by atoms with Crippen LogP contribution in [-0.4, -0.2) is 23.0 Å². The molecule has 0 spiro atoms. The zero-order chi connectivity index (χ0) is 15.2. The van der Waals surface area contributed by atoms with Gasteiger partial charge in [0.25, 0.3) is 0 Å². The van der Waals surface area contributed by atoms with E-state index in [1.54, 1.807) is 20.8 Å². The summed E-state index contributed by atoms with van der Waals surface area (Å²) in [6.45, 7) is 5.40. The van der Waals surface area contributed by atoms with E-state index in [4.69, 9.17) is 5.11 Å². The van der Waals surface area contributed by atoms with Crippen LogP contribution in [0, 0.1) is 5.41 Å². The zero-order valence-corrected chi connectivity index (χ0v) is 12.3. The van der Waals surface area contributed by atoms with E-state index in [9.17, 15) is 9.59 Å². The van der Waals surface area contributed by atoms with Crippen LogP contribution < -0.4 is 5.32 Å². The number of carbonyl (C=O) groups excluding carboxylic acids is 1. The van der Waals surface area contributed by atoms with Crippen LogP contribution in [0.2, 0.25) is 0 Å². The molecule has 0 bridgehead atoms. The summed E-state index contributed by atoms with van der Waals surface area (Å²) in [6, 6.07) is 9.08. The molecule has 1 atom stereocenters. The first-order valence-corrected chi connectivity index (χ1v) is 6.87. The smallest absolute Gasteiger partial charge is 0.326 e. The van der Waals surface area contributed by atoms with E-state index in [-0.39, 0.29) is 5.91 Å². The minimum atomic E-state index is -0.992. The minimum absolute atomic E-state index is 0.205. The Hall–Kier alpha value is -1.84. The van der Waals surface area contributed by atoms with Crippen LogP contribution in [0.4, 0.5) is 0 Å². The van der Waals surface area contributed by atoms with Crippen molar-refractivity contribution in [3.8, 4) is 0 Å². The normalized spacial score (nSPS) is 12.8. The van der Waals surface area contributed by atoms with E-state index in [0.29, 0.717) is 12.8 Å². The number of carboxylic acids is 1. The first-order valence-electron chi connectivity index (χ1n) is 6.87. The van der Waals surface area contributed by atoms with Gasteiger partial charge in [0, 0.05) is 6.42 Å². The van der Waals surface area contributed by atoms with Crippen molar-refractivity contribution in [3.63, 3.8) is 0 Å². The van der Waals surface area contributed by atoms with Gasteiger partial charge >= 0.3 is 5.97 Å². The van der Waals surface area contributed by atoms with E-state index in [1.165, 1.54) is 5.56 Å². The first-order chi connectivity index (χ1) is 9.30. The van der Waals surface area contributed by atoms with E-state index < -0.39 is 17.4 Å². The fourth-order valence-corrected chi connectivity index (χ4v) is 1.98. The Morgan fingerprint density at radius 3 is 2.30 bits per heavy atom. The maximum Gasteiger partial charge on any atom is 0.326 e. The highest BCUT2D eigenvalue weighted by Crippen LogP contribution is 2.19. The highest BCUT2D eigenvalue weighted by molar-refractivity contribution is 5.84. The fraction of sp³-hybridized carbons (Fsp3) is 0.500. The Morgan fingerprint density at radius 1 is 1.20 bits per heavy atom. The topological polar surface area (TPSA) is 66.4 Å². The molecule has 4 nitrogen and oxygen atoms in total. The number of carbonyl (C=O) groups is 2. The number of hydrogen-bond donors (Lipinski definition) is 2. The summed E-state index contributed by atoms with van der Waals surface area (Å²) in [7, 11) is 0. The van der Waals surface area contributed by atoms with Crippen molar-refractivity contribution >= 4 is 11.9 Å². The van der Waals surface area contributed by atoms with Gasteiger partial charge in [0.1, 0.15) is 6.04 Å². The molecule has 0 aromatic heterocycles. The largest absolute Gasteiger partial charge is 0.480 e. The van der Waals surface area contributed by atoms with Gasteiger partial charge < -0.3 is 10.4 Å².